The Labute approximate surface area is 137 Å². The molecule has 2 N–H and O–H groups in total. The summed E-state index contributed by atoms with van der Waals surface area (Å²) < 4.78 is 28.3. The lowest BCUT2D eigenvalue weighted by molar-refractivity contribution is -0.0498. The van der Waals surface area contributed by atoms with Gasteiger partial charge in [0.2, 0.25) is 0 Å². The summed E-state index contributed by atoms with van der Waals surface area (Å²) >= 11 is 5.98. The molecule has 122 valence electrons. The van der Waals surface area contributed by atoms with Crippen molar-refractivity contribution in [2.24, 2.45) is 0 Å². The molecule has 0 aromatic heterocycles. The largest absolute Gasteiger partial charge is 0.435 e. The number of nitrogens with one attached hydrogen (secondary N) is 2. The number of aryl methyl sites for hydroxylation is 1. The molecule has 0 saturated heterocycles. The fraction of sp³-hybridized carbons (Fsp3) is 0.188. The van der Waals surface area contributed by atoms with Gasteiger partial charge < -0.3 is 15.4 Å². The van der Waals surface area contributed by atoms with Crippen molar-refractivity contribution >= 4 is 23.3 Å². The van der Waals surface area contributed by atoms with Gasteiger partial charge in [0.25, 0.3) is 0 Å². The molecular formula is C16H15ClF2N2O2. The number of halogens is 3. The Kier molecular flexibility index (Phi) is 5.76. The number of anilines is 1. The highest BCUT2D eigenvalue weighted by atomic mass is 35.5. The van der Waals surface area contributed by atoms with Crippen molar-refractivity contribution in [2.75, 3.05) is 5.32 Å². The van der Waals surface area contributed by atoms with E-state index in [-0.39, 0.29) is 12.3 Å². The van der Waals surface area contributed by atoms with E-state index in [9.17, 15) is 13.6 Å². The molecule has 0 radical (unpaired) electrons. The Bertz CT molecular complexity index is 678. The van der Waals surface area contributed by atoms with Gasteiger partial charge in [-0.15, -0.1) is 0 Å². The second-order valence-electron chi connectivity index (χ2n) is 4.79. The summed E-state index contributed by atoms with van der Waals surface area (Å²) in [5.41, 5.74) is 2.26. The first kappa shape index (κ1) is 17.0. The Morgan fingerprint density at radius 3 is 2.52 bits per heavy atom. The molecule has 0 unspecified atom stereocenters. The highest BCUT2D eigenvalue weighted by Gasteiger charge is 2.05. The summed E-state index contributed by atoms with van der Waals surface area (Å²) in [6, 6.07) is 10.9. The van der Waals surface area contributed by atoms with Gasteiger partial charge in [0.05, 0.1) is 0 Å². The Balaban J connectivity index is 1.85. The minimum absolute atomic E-state index is 0.0718. The molecule has 23 heavy (non-hydrogen) atoms. The van der Waals surface area contributed by atoms with Crippen molar-refractivity contribution in [3.8, 4) is 5.75 Å². The van der Waals surface area contributed by atoms with E-state index in [2.05, 4.69) is 15.4 Å². The molecule has 2 rings (SSSR count). The molecule has 2 aromatic rings. The van der Waals surface area contributed by atoms with Gasteiger partial charge in [-0.05, 0) is 42.3 Å². The fourth-order valence-electron chi connectivity index (χ4n) is 1.82. The van der Waals surface area contributed by atoms with Crippen LogP contribution in [0.15, 0.2) is 42.5 Å². The lowest BCUT2D eigenvalue weighted by atomic mass is 10.2. The van der Waals surface area contributed by atoms with Gasteiger partial charge in [-0.2, -0.15) is 8.78 Å². The van der Waals surface area contributed by atoms with E-state index in [0.717, 1.165) is 11.1 Å². The van der Waals surface area contributed by atoms with Gasteiger partial charge >= 0.3 is 12.6 Å². The zero-order valence-electron chi connectivity index (χ0n) is 12.3. The van der Waals surface area contributed by atoms with Gasteiger partial charge in [0.1, 0.15) is 5.75 Å². The molecule has 0 aliphatic heterocycles. The van der Waals surface area contributed by atoms with Crippen LogP contribution >= 0.6 is 11.6 Å². The van der Waals surface area contributed by atoms with Gasteiger partial charge in [-0.3, -0.25) is 0 Å². The Morgan fingerprint density at radius 1 is 1.22 bits per heavy atom. The van der Waals surface area contributed by atoms with E-state index >= 15 is 0 Å². The average molecular weight is 341 g/mol. The molecule has 0 heterocycles. The van der Waals surface area contributed by atoms with Gasteiger partial charge in [-0.25, -0.2) is 4.79 Å². The van der Waals surface area contributed by atoms with Crippen molar-refractivity contribution in [3.05, 3.63) is 58.6 Å². The van der Waals surface area contributed by atoms with Gasteiger partial charge in [-0.1, -0.05) is 29.8 Å². The number of amides is 2. The molecule has 0 bridgehead atoms. The summed E-state index contributed by atoms with van der Waals surface area (Å²) in [6.07, 6.45) is 0. The maximum Gasteiger partial charge on any atom is 0.387 e. The number of ether oxygens (including phenoxy) is 1. The second-order valence-corrected chi connectivity index (χ2v) is 5.20. The van der Waals surface area contributed by atoms with E-state index in [1.807, 2.05) is 6.92 Å². The van der Waals surface area contributed by atoms with Gasteiger partial charge in [0.15, 0.2) is 0 Å². The summed E-state index contributed by atoms with van der Waals surface area (Å²) in [6.45, 7) is -0.736. The lowest BCUT2D eigenvalue weighted by Crippen LogP contribution is -2.28. The van der Waals surface area contributed by atoms with Crippen LogP contribution in [0.2, 0.25) is 5.02 Å². The van der Waals surface area contributed by atoms with Crippen LogP contribution in [0.4, 0.5) is 19.3 Å². The van der Waals surface area contributed by atoms with Crippen LogP contribution in [0, 0.1) is 6.92 Å². The monoisotopic (exact) mass is 340 g/mol. The maximum atomic E-state index is 12.0. The van der Waals surface area contributed by atoms with E-state index in [0.29, 0.717) is 10.7 Å². The maximum absolute atomic E-state index is 12.0. The number of carbonyl (C=O) groups excluding carboxylic acids is 1. The van der Waals surface area contributed by atoms with Crippen LogP contribution in [0.25, 0.3) is 0 Å². The van der Waals surface area contributed by atoms with E-state index in [1.165, 1.54) is 12.1 Å². The Hall–Kier alpha value is -2.34. The predicted octanol–water partition coefficient (Wildman–Crippen LogP) is 4.57. The molecular weight excluding hydrogens is 326 g/mol. The van der Waals surface area contributed by atoms with Crippen molar-refractivity contribution in [2.45, 2.75) is 20.1 Å². The van der Waals surface area contributed by atoms with Crippen LogP contribution in [0.5, 0.6) is 5.75 Å². The average Bonchev–Trinajstić information content (AvgIpc) is 2.50. The minimum atomic E-state index is -2.86. The molecule has 0 atom stereocenters. The molecule has 4 nitrogen and oxygen atoms in total. The second kappa shape index (κ2) is 7.78. The summed E-state index contributed by atoms with van der Waals surface area (Å²) in [5.74, 6) is 0.0718. The summed E-state index contributed by atoms with van der Waals surface area (Å²) in [5, 5.41) is 5.89. The molecule has 0 spiro atoms. The number of carbonyl (C=O) groups is 1. The van der Waals surface area contributed by atoms with Crippen LogP contribution in [0.1, 0.15) is 11.1 Å². The van der Waals surface area contributed by atoms with Crippen molar-refractivity contribution in [3.63, 3.8) is 0 Å². The third-order valence-electron chi connectivity index (χ3n) is 3.03. The smallest absolute Gasteiger partial charge is 0.387 e. The lowest BCUT2D eigenvalue weighted by Gasteiger charge is -2.09. The van der Waals surface area contributed by atoms with Crippen molar-refractivity contribution in [1.29, 1.82) is 0 Å². The topological polar surface area (TPSA) is 50.4 Å². The number of rotatable bonds is 5. The third kappa shape index (κ3) is 5.41. The highest BCUT2D eigenvalue weighted by Crippen LogP contribution is 2.20. The first-order chi connectivity index (χ1) is 10.9. The Morgan fingerprint density at radius 2 is 1.91 bits per heavy atom. The third-order valence-corrected chi connectivity index (χ3v) is 3.44. The molecule has 0 aliphatic carbocycles. The SMILES string of the molecule is Cc1ccc(NC(=O)NCc2ccc(OC(F)F)cc2)cc1Cl. The van der Waals surface area contributed by atoms with Crippen LogP contribution in [0.3, 0.4) is 0 Å². The zero-order valence-corrected chi connectivity index (χ0v) is 13.0. The van der Waals surface area contributed by atoms with Crippen LogP contribution in [-0.2, 0) is 6.54 Å². The molecule has 0 aliphatic rings. The fourth-order valence-corrected chi connectivity index (χ4v) is 2.00. The summed E-state index contributed by atoms with van der Waals surface area (Å²) in [7, 11) is 0. The van der Waals surface area contributed by atoms with E-state index in [4.69, 9.17) is 11.6 Å². The standard InChI is InChI=1S/C16H15ClF2N2O2/c1-10-2-5-12(8-14(10)17)21-16(22)20-9-11-3-6-13(7-4-11)23-15(18)19/h2-8,15H,9H2,1H3,(H2,20,21,22). The summed E-state index contributed by atoms with van der Waals surface area (Å²) in [4.78, 5) is 11.8. The number of alkyl halides is 2. The van der Waals surface area contributed by atoms with Crippen LogP contribution in [-0.4, -0.2) is 12.6 Å². The normalized spacial score (nSPS) is 10.5. The van der Waals surface area contributed by atoms with Crippen molar-refractivity contribution in [1.82, 2.24) is 5.32 Å². The molecule has 0 fully saturated rings. The van der Waals surface area contributed by atoms with Crippen LogP contribution < -0.4 is 15.4 Å². The minimum Gasteiger partial charge on any atom is -0.435 e. The highest BCUT2D eigenvalue weighted by molar-refractivity contribution is 6.31. The zero-order chi connectivity index (χ0) is 16.8. The molecule has 0 saturated carbocycles. The number of hydrogen-bond acceptors (Lipinski definition) is 2. The predicted molar refractivity (Wildman–Crippen MR) is 85.1 cm³/mol. The quantitative estimate of drug-likeness (QED) is 0.837. The first-order valence-corrected chi connectivity index (χ1v) is 7.16. The van der Waals surface area contributed by atoms with E-state index in [1.54, 1.807) is 30.3 Å². The number of benzene rings is 2. The molecule has 2 amide bonds. The molecule has 2 aromatic carbocycles. The van der Waals surface area contributed by atoms with Gasteiger partial charge in [0, 0.05) is 17.3 Å². The first-order valence-electron chi connectivity index (χ1n) is 6.79. The number of urea groups is 1. The molecule has 7 heteroatoms. The van der Waals surface area contributed by atoms with Crippen molar-refractivity contribution < 1.29 is 18.3 Å². The number of hydrogen-bond donors (Lipinski definition) is 2. The van der Waals surface area contributed by atoms with E-state index < -0.39 is 12.6 Å².